The summed E-state index contributed by atoms with van der Waals surface area (Å²) in [6, 6.07) is 9.95. The molecule has 4 N–H and O–H groups in total. The van der Waals surface area contributed by atoms with E-state index in [-0.39, 0.29) is 30.0 Å². The lowest BCUT2D eigenvalue weighted by Gasteiger charge is -2.34. The number of hydrogen-bond donors (Lipinski definition) is 3. The summed E-state index contributed by atoms with van der Waals surface area (Å²) in [6.45, 7) is -0.333. The standard InChI is InChI=1S/C29H25F3N8O4/c30-29(31,32)21-4-1-5-22(36-21)37-28(44)25-15-6-8-18(11-15)40(25)23(41)14-39-20-9-7-17(12-19(20)24(38-39)26(33)42)35-27(43)16-3-2-10-34-13-16/h1-5,7,9-10,12-13,15,18,25H,6,8,11,14H2,(H2,33,42)(H,35,43)(H,36,37,44)/t15-,18+,25-/m0/s1. The maximum atomic E-state index is 13.7. The Labute approximate surface area is 247 Å². The molecule has 1 aliphatic heterocycles. The molecule has 6 rings (SSSR count). The number of piperidine rings is 1. The van der Waals surface area contributed by atoms with Crippen molar-refractivity contribution >= 4 is 46.0 Å². The highest BCUT2D eigenvalue weighted by atomic mass is 19.4. The van der Waals surface area contributed by atoms with Crippen LogP contribution < -0.4 is 16.4 Å². The van der Waals surface area contributed by atoms with E-state index in [0.29, 0.717) is 41.4 Å². The normalized spacial score (nSPS) is 19.2. The van der Waals surface area contributed by atoms with E-state index in [4.69, 9.17) is 5.73 Å². The van der Waals surface area contributed by atoms with Gasteiger partial charge < -0.3 is 21.3 Å². The lowest BCUT2D eigenvalue weighted by Crippen LogP contribution is -2.52. The van der Waals surface area contributed by atoms with Gasteiger partial charge in [0.2, 0.25) is 11.8 Å². The Morgan fingerprint density at radius 1 is 1.02 bits per heavy atom. The summed E-state index contributed by atoms with van der Waals surface area (Å²) in [5.41, 5.74) is 5.39. The average molecular weight is 607 g/mol. The predicted octanol–water partition coefficient (Wildman–Crippen LogP) is 3.21. The van der Waals surface area contributed by atoms with Crippen LogP contribution in [0.5, 0.6) is 0 Å². The molecule has 0 spiro atoms. The van der Waals surface area contributed by atoms with Crippen LogP contribution in [0, 0.1) is 5.92 Å². The molecule has 226 valence electrons. The second kappa shape index (κ2) is 11.1. The number of carbonyl (C=O) groups excluding carboxylic acids is 4. The van der Waals surface area contributed by atoms with Crippen LogP contribution in [-0.4, -0.2) is 60.4 Å². The van der Waals surface area contributed by atoms with Crippen molar-refractivity contribution in [1.82, 2.24) is 24.6 Å². The van der Waals surface area contributed by atoms with Gasteiger partial charge in [-0.15, -0.1) is 0 Å². The van der Waals surface area contributed by atoms with Crippen molar-refractivity contribution < 1.29 is 32.3 Å². The van der Waals surface area contributed by atoms with Crippen molar-refractivity contribution in [3.63, 3.8) is 0 Å². The molecule has 12 nitrogen and oxygen atoms in total. The average Bonchev–Trinajstić information content (AvgIpc) is 3.71. The molecule has 1 aromatic carbocycles. The summed E-state index contributed by atoms with van der Waals surface area (Å²) in [5, 5.41) is 9.74. The van der Waals surface area contributed by atoms with E-state index in [1.165, 1.54) is 34.1 Å². The van der Waals surface area contributed by atoms with Crippen molar-refractivity contribution in [3.8, 4) is 0 Å². The van der Waals surface area contributed by atoms with Crippen LogP contribution in [0.3, 0.4) is 0 Å². The van der Waals surface area contributed by atoms with Gasteiger partial charge in [0.05, 0.1) is 11.1 Å². The molecule has 3 atom stereocenters. The van der Waals surface area contributed by atoms with Crippen LogP contribution in [0.1, 0.15) is 45.8 Å². The molecule has 1 saturated carbocycles. The molecular formula is C29H25F3N8O4. The van der Waals surface area contributed by atoms with Crippen molar-refractivity contribution in [1.29, 1.82) is 0 Å². The maximum Gasteiger partial charge on any atom is 0.433 e. The minimum atomic E-state index is -4.68. The number of carbonyl (C=O) groups is 4. The van der Waals surface area contributed by atoms with Crippen LogP contribution >= 0.6 is 0 Å². The van der Waals surface area contributed by atoms with E-state index in [0.717, 1.165) is 12.1 Å². The van der Waals surface area contributed by atoms with Crippen LogP contribution in [0.4, 0.5) is 24.7 Å². The van der Waals surface area contributed by atoms with Gasteiger partial charge in [0.1, 0.15) is 24.1 Å². The number of aromatic nitrogens is 4. The van der Waals surface area contributed by atoms with E-state index in [9.17, 15) is 32.3 Å². The second-order valence-corrected chi connectivity index (χ2v) is 10.7. The molecule has 2 aliphatic rings. The molecule has 1 saturated heterocycles. The first-order valence-electron chi connectivity index (χ1n) is 13.7. The summed E-state index contributed by atoms with van der Waals surface area (Å²) in [5.74, 6) is -2.79. The SMILES string of the molecule is NC(=O)c1nn(CC(=O)N2[C@@H]3CC[C@@H](C3)[C@H]2C(=O)Nc2cccc(C(F)(F)F)n2)c2ccc(NC(=O)c3cccnc3)cc12. The Balaban J connectivity index is 1.23. The van der Waals surface area contributed by atoms with Crippen molar-refractivity contribution in [2.75, 3.05) is 10.6 Å². The molecule has 4 heterocycles. The number of alkyl halides is 3. The molecule has 2 bridgehead atoms. The molecule has 3 aromatic heterocycles. The summed E-state index contributed by atoms with van der Waals surface area (Å²) in [4.78, 5) is 60.7. The Hall–Kier alpha value is -5.34. The van der Waals surface area contributed by atoms with E-state index in [2.05, 4.69) is 25.7 Å². The number of likely N-dealkylation sites (tertiary alicyclic amines) is 1. The second-order valence-electron chi connectivity index (χ2n) is 10.7. The first kappa shape index (κ1) is 28.8. The molecule has 1 aliphatic carbocycles. The van der Waals surface area contributed by atoms with Gasteiger partial charge >= 0.3 is 6.18 Å². The van der Waals surface area contributed by atoms with Gasteiger partial charge in [-0.2, -0.15) is 18.3 Å². The fraction of sp³-hybridized carbons (Fsp3) is 0.276. The largest absolute Gasteiger partial charge is 0.433 e. The lowest BCUT2D eigenvalue weighted by molar-refractivity contribution is -0.141. The molecule has 15 heteroatoms. The van der Waals surface area contributed by atoms with E-state index in [1.54, 1.807) is 24.3 Å². The quantitative estimate of drug-likeness (QED) is 0.291. The van der Waals surface area contributed by atoms with E-state index in [1.807, 2.05) is 0 Å². The summed E-state index contributed by atoms with van der Waals surface area (Å²) >= 11 is 0. The van der Waals surface area contributed by atoms with Crippen LogP contribution in [0.2, 0.25) is 0 Å². The molecule has 2 fully saturated rings. The van der Waals surface area contributed by atoms with Gasteiger partial charge in [0.15, 0.2) is 5.69 Å². The Kier molecular flexibility index (Phi) is 7.23. The number of benzene rings is 1. The third-order valence-corrected chi connectivity index (χ3v) is 7.88. The van der Waals surface area contributed by atoms with E-state index < -0.39 is 41.5 Å². The van der Waals surface area contributed by atoms with Gasteiger partial charge in [0, 0.05) is 29.5 Å². The minimum absolute atomic E-state index is 0.113. The zero-order valence-electron chi connectivity index (χ0n) is 22.9. The smallest absolute Gasteiger partial charge is 0.364 e. The number of hydrogen-bond acceptors (Lipinski definition) is 7. The first-order valence-corrected chi connectivity index (χ1v) is 13.7. The summed E-state index contributed by atoms with van der Waals surface area (Å²) in [7, 11) is 0. The molecule has 44 heavy (non-hydrogen) atoms. The number of halogens is 3. The highest BCUT2D eigenvalue weighted by Gasteiger charge is 2.51. The Bertz CT molecular complexity index is 1790. The maximum absolute atomic E-state index is 13.7. The number of amides is 4. The fourth-order valence-electron chi connectivity index (χ4n) is 6.02. The molecule has 4 amide bonds. The van der Waals surface area contributed by atoms with Crippen LogP contribution in [0.15, 0.2) is 60.9 Å². The monoisotopic (exact) mass is 606 g/mol. The van der Waals surface area contributed by atoms with Gasteiger partial charge in [-0.1, -0.05) is 6.07 Å². The van der Waals surface area contributed by atoms with Crippen molar-refractivity contribution in [2.24, 2.45) is 11.7 Å². The fourth-order valence-corrected chi connectivity index (χ4v) is 6.02. The van der Waals surface area contributed by atoms with E-state index >= 15 is 0 Å². The number of nitrogens with zero attached hydrogens (tertiary/aromatic N) is 5. The number of nitrogens with one attached hydrogen (secondary N) is 2. The van der Waals surface area contributed by atoms with Crippen LogP contribution in [0.25, 0.3) is 10.9 Å². The molecule has 4 aromatic rings. The number of rotatable bonds is 7. The minimum Gasteiger partial charge on any atom is -0.364 e. The third-order valence-electron chi connectivity index (χ3n) is 7.88. The number of pyridine rings is 2. The zero-order valence-corrected chi connectivity index (χ0v) is 22.9. The number of nitrogens with two attached hydrogens (primary N) is 1. The Morgan fingerprint density at radius 3 is 2.57 bits per heavy atom. The van der Waals surface area contributed by atoms with Gasteiger partial charge in [-0.25, -0.2) is 4.98 Å². The van der Waals surface area contributed by atoms with Gasteiger partial charge in [-0.3, -0.25) is 28.8 Å². The highest BCUT2D eigenvalue weighted by Crippen LogP contribution is 2.43. The van der Waals surface area contributed by atoms with Crippen molar-refractivity contribution in [3.05, 3.63) is 77.9 Å². The molecular weight excluding hydrogens is 581 g/mol. The number of fused-ring (bicyclic) bond motifs is 3. The number of anilines is 2. The first-order chi connectivity index (χ1) is 21.0. The topological polar surface area (TPSA) is 165 Å². The third kappa shape index (κ3) is 5.43. The molecule has 0 radical (unpaired) electrons. The number of primary amides is 1. The van der Waals surface area contributed by atoms with Gasteiger partial charge in [0.25, 0.3) is 11.8 Å². The molecule has 0 unspecified atom stereocenters. The highest BCUT2D eigenvalue weighted by molar-refractivity contribution is 6.08. The predicted molar refractivity (Wildman–Crippen MR) is 150 cm³/mol. The lowest BCUT2D eigenvalue weighted by atomic mass is 9.97. The van der Waals surface area contributed by atoms with Crippen LogP contribution in [-0.2, 0) is 22.3 Å². The summed E-state index contributed by atoms with van der Waals surface area (Å²) in [6.07, 6.45) is 0.193. The Morgan fingerprint density at radius 2 is 1.84 bits per heavy atom. The summed E-state index contributed by atoms with van der Waals surface area (Å²) < 4.78 is 40.7. The van der Waals surface area contributed by atoms with Gasteiger partial charge in [-0.05, 0) is 67.6 Å². The van der Waals surface area contributed by atoms with Crippen molar-refractivity contribution in [2.45, 2.75) is 44.1 Å². The zero-order chi connectivity index (χ0) is 31.2.